The Labute approximate surface area is 128 Å². The Kier molecular flexibility index (Phi) is 8.88. The number of unbranched alkanes of at least 4 members (excludes halogenated alkanes) is 1. The molecule has 0 spiro atoms. The minimum absolute atomic E-state index is 0.114. The Morgan fingerprint density at radius 2 is 2.05 bits per heavy atom. The van der Waals surface area contributed by atoms with E-state index in [-0.39, 0.29) is 12.1 Å². The van der Waals surface area contributed by atoms with Crippen LogP contribution in [0.15, 0.2) is 0 Å². The van der Waals surface area contributed by atoms with Gasteiger partial charge in [0.1, 0.15) is 5.54 Å². The summed E-state index contributed by atoms with van der Waals surface area (Å²) in [5, 5.41) is 3.31. The van der Waals surface area contributed by atoms with Crippen molar-refractivity contribution in [1.29, 1.82) is 0 Å². The van der Waals surface area contributed by atoms with Gasteiger partial charge in [0, 0.05) is 13.0 Å². The summed E-state index contributed by atoms with van der Waals surface area (Å²) in [6.45, 7) is 9.20. The predicted molar refractivity (Wildman–Crippen MR) is 82.4 cm³/mol. The Hall–Kier alpha value is -0.650. The van der Waals surface area contributed by atoms with Gasteiger partial charge in [-0.25, -0.2) is 0 Å². The van der Waals surface area contributed by atoms with Crippen LogP contribution in [-0.2, 0) is 19.0 Å². The maximum atomic E-state index is 12.2. The van der Waals surface area contributed by atoms with Gasteiger partial charge in [-0.15, -0.1) is 0 Å². The number of carbonyl (C=O) groups is 1. The maximum Gasteiger partial charge on any atom is 0.326 e. The van der Waals surface area contributed by atoms with Gasteiger partial charge in [0.05, 0.1) is 25.9 Å². The lowest BCUT2D eigenvalue weighted by molar-refractivity contribution is -0.151. The molecule has 0 aromatic heterocycles. The molecule has 1 aliphatic rings. The van der Waals surface area contributed by atoms with Crippen molar-refractivity contribution < 1.29 is 19.0 Å². The fourth-order valence-electron chi connectivity index (χ4n) is 2.79. The lowest BCUT2D eigenvalue weighted by Gasteiger charge is -2.27. The number of carbonyl (C=O) groups excluding carboxylic acids is 1. The van der Waals surface area contributed by atoms with Crippen LogP contribution in [0, 0.1) is 0 Å². The van der Waals surface area contributed by atoms with Crippen LogP contribution in [0.2, 0.25) is 0 Å². The van der Waals surface area contributed by atoms with Crippen molar-refractivity contribution in [2.24, 2.45) is 0 Å². The summed E-state index contributed by atoms with van der Waals surface area (Å²) in [5.41, 5.74) is -0.557. The first-order valence-electron chi connectivity index (χ1n) is 8.30. The number of likely N-dealkylation sites (N-methyl/N-ethyl adjacent to an activating group) is 1. The summed E-state index contributed by atoms with van der Waals surface area (Å²) < 4.78 is 16.5. The van der Waals surface area contributed by atoms with E-state index in [9.17, 15) is 4.79 Å². The van der Waals surface area contributed by atoms with Crippen LogP contribution in [0.1, 0.15) is 52.9 Å². The summed E-state index contributed by atoms with van der Waals surface area (Å²) in [5.74, 6) is -0.142. The van der Waals surface area contributed by atoms with Crippen LogP contribution in [0.3, 0.4) is 0 Å². The highest BCUT2D eigenvalue weighted by molar-refractivity contribution is 5.81. The van der Waals surface area contributed by atoms with E-state index in [0.29, 0.717) is 26.2 Å². The molecule has 0 aliphatic heterocycles. The van der Waals surface area contributed by atoms with E-state index in [0.717, 1.165) is 38.8 Å². The zero-order valence-electron chi connectivity index (χ0n) is 13.8. The Bertz CT molecular complexity index is 298. The first-order valence-corrected chi connectivity index (χ1v) is 8.30. The van der Waals surface area contributed by atoms with Crippen molar-refractivity contribution in [3.63, 3.8) is 0 Å². The van der Waals surface area contributed by atoms with Gasteiger partial charge < -0.3 is 19.5 Å². The number of hydrogen-bond donors (Lipinski definition) is 1. The minimum Gasteiger partial charge on any atom is -0.465 e. The second-order valence-electron chi connectivity index (χ2n) is 5.53. The van der Waals surface area contributed by atoms with E-state index in [1.54, 1.807) is 0 Å². The highest BCUT2D eigenvalue weighted by Gasteiger charge is 2.46. The minimum atomic E-state index is -0.557. The first kappa shape index (κ1) is 18.4. The van der Waals surface area contributed by atoms with Crippen molar-refractivity contribution >= 4 is 5.97 Å². The molecule has 1 N–H and O–H groups in total. The van der Waals surface area contributed by atoms with E-state index in [2.05, 4.69) is 12.2 Å². The fourth-order valence-corrected chi connectivity index (χ4v) is 2.79. The van der Waals surface area contributed by atoms with Gasteiger partial charge in [0.15, 0.2) is 0 Å². The summed E-state index contributed by atoms with van der Waals surface area (Å²) in [6.07, 6.45) is 4.71. The van der Waals surface area contributed by atoms with Crippen LogP contribution in [0.25, 0.3) is 0 Å². The molecule has 0 radical (unpaired) electrons. The van der Waals surface area contributed by atoms with Crippen molar-refractivity contribution in [1.82, 2.24) is 5.32 Å². The molecule has 2 unspecified atom stereocenters. The number of esters is 1. The molecule has 5 nitrogen and oxygen atoms in total. The predicted octanol–water partition coefficient (Wildman–Crippen LogP) is 2.28. The molecule has 21 heavy (non-hydrogen) atoms. The maximum absolute atomic E-state index is 12.2. The Morgan fingerprint density at radius 3 is 2.71 bits per heavy atom. The van der Waals surface area contributed by atoms with E-state index in [1.165, 1.54) is 0 Å². The molecule has 1 fully saturated rings. The monoisotopic (exact) mass is 301 g/mol. The first-order chi connectivity index (χ1) is 10.2. The van der Waals surface area contributed by atoms with Crippen LogP contribution in [0.4, 0.5) is 0 Å². The lowest BCUT2D eigenvalue weighted by atomic mass is 9.97. The molecule has 5 heteroatoms. The molecule has 0 aromatic rings. The molecule has 1 saturated carbocycles. The zero-order chi connectivity index (χ0) is 15.6. The molecule has 0 saturated heterocycles. The number of rotatable bonds is 11. The van der Waals surface area contributed by atoms with E-state index in [1.807, 2.05) is 13.8 Å². The van der Waals surface area contributed by atoms with E-state index < -0.39 is 5.54 Å². The van der Waals surface area contributed by atoms with Crippen LogP contribution >= 0.6 is 0 Å². The largest absolute Gasteiger partial charge is 0.465 e. The second kappa shape index (κ2) is 10.1. The summed E-state index contributed by atoms with van der Waals surface area (Å²) in [4.78, 5) is 12.2. The quantitative estimate of drug-likeness (QED) is 0.469. The Balaban J connectivity index is 2.32. The van der Waals surface area contributed by atoms with Crippen molar-refractivity contribution in [3.8, 4) is 0 Å². The SMILES string of the molecule is CCCCOCCOC1CCC(NCC)(C(=O)OCC)C1. The second-order valence-corrected chi connectivity index (χ2v) is 5.53. The highest BCUT2D eigenvalue weighted by Crippen LogP contribution is 2.33. The van der Waals surface area contributed by atoms with E-state index >= 15 is 0 Å². The normalized spacial score (nSPS) is 25.2. The number of hydrogen-bond acceptors (Lipinski definition) is 5. The molecule has 1 aliphatic carbocycles. The third-order valence-corrected chi connectivity index (χ3v) is 3.87. The van der Waals surface area contributed by atoms with Gasteiger partial charge in [0.25, 0.3) is 0 Å². The van der Waals surface area contributed by atoms with Gasteiger partial charge in [-0.3, -0.25) is 4.79 Å². The topological polar surface area (TPSA) is 56.8 Å². The summed E-state index contributed by atoms with van der Waals surface area (Å²) in [7, 11) is 0. The third-order valence-electron chi connectivity index (χ3n) is 3.87. The van der Waals surface area contributed by atoms with Gasteiger partial charge in [-0.2, -0.15) is 0 Å². The zero-order valence-corrected chi connectivity index (χ0v) is 13.8. The number of nitrogens with one attached hydrogen (secondary N) is 1. The molecule has 0 heterocycles. The molecule has 2 atom stereocenters. The van der Waals surface area contributed by atoms with Crippen LogP contribution in [0.5, 0.6) is 0 Å². The van der Waals surface area contributed by atoms with Gasteiger partial charge in [-0.05, 0) is 32.7 Å². The summed E-state index contributed by atoms with van der Waals surface area (Å²) >= 11 is 0. The lowest BCUT2D eigenvalue weighted by Crippen LogP contribution is -2.51. The van der Waals surface area contributed by atoms with Gasteiger partial charge in [0.2, 0.25) is 0 Å². The third kappa shape index (κ3) is 5.93. The molecule has 124 valence electrons. The fraction of sp³-hybridized carbons (Fsp3) is 0.938. The summed E-state index contributed by atoms with van der Waals surface area (Å²) in [6, 6.07) is 0. The van der Waals surface area contributed by atoms with Crippen molar-refractivity contribution in [2.75, 3.05) is 33.0 Å². The Morgan fingerprint density at radius 1 is 1.24 bits per heavy atom. The molecule has 0 bridgehead atoms. The molecule has 0 amide bonds. The van der Waals surface area contributed by atoms with Gasteiger partial charge >= 0.3 is 5.97 Å². The number of ether oxygens (including phenoxy) is 3. The molecular formula is C16H31NO4. The smallest absolute Gasteiger partial charge is 0.326 e. The molecule has 1 rings (SSSR count). The van der Waals surface area contributed by atoms with Crippen molar-refractivity contribution in [2.45, 2.75) is 64.5 Å². The average molecular weight is 301 g/mol. The van der Waals surface area contributed by atoms with Gasteiger partial charge in [-0.1, -0.05) is 20.3 Å². The van der Waals surface area contributed by atoms with Crippen molar-refractivity contribution in [3.05, 3.63) is 0 Å². The van der Waals surface area contributed by atoms with Crippen LogP contribution < -0.4 is 5.32 Å². The average Bonchev–Trinajstić information content (AvgIpc) is 2.88. The van der Waals surface area contributed by atoms with E-state index in [4.69, 9.17) is 14.2 Å². The van der Waals surface area contributed by atoms with Crippen LogP contribution in [-0.4, -0.2) is 50.6 Å². The molecule has 0 aromatic carbocycles. The highest BCUT2D eigenvalue weighted by atomic mass is 16.5. The standard InChI is InChI=1S/C16H31NO4/c1-4-7-10-19-11-12-21-14-8-9-16(13-14,17-5-2)15(18)20-6-3/h14,17H,4-13H2,1-3H3. The molecular weight excluding hydrogens is 270 g/mol.